The Labute approximate surface area is 125 Å². The number of fused-ring (bicyclic) bond motifs is 1. The predicted octanol–water partition coefficient (Wildman–Crippen LogP) is 3.32. The molecule has 1 amide bonds. The van der Waals surface area contributed by atoms with E-state index in [0.29, 0.717) is 18.3 Å². The van der Waals surface area contributed by atoms with Gasteiger partial charge in [0, 0.05) is 25.4 Å². The van der Waals surface area contributed by atoms with Gasteiger partial charge >= 0.3 is 0 Å². The first-order valence-corrected chi connectivity index (χ1v) is 7.86. The quantitative estimate of drug-likeness (QED) is 0.940. The Bertz CT molecular complexity index is 599. The maximum absolute atomic E-state index is 12.3. The molecule has 1 aliphatic rings. The van der Waals surface area contributed by atoms with E-state index in [4.69, 9.17) is 4.98 Å². The van der Waals surface area contributed by atoms with Crippen molar-refractivity contribution in [3.05, 3.63) is 30.1 Å². The topological polar surface area (TPSA) is 49.0 Å². The van der Waals surface area contributed by atoms with Crippen LogP contribution in [0.4, 0.5) is 0 Å². The summed E-state index contributed by atoms with van der Waals surface area (Å²) in [5.74, 6) is 2.07. The molecule has 2 heterocycles. The number of carbonyl (C=O) groups excluding carboxylic acids is 1. The Morgan fingerprint density at radius 1 is 1.43 bits per heavy atom. The van der Waals surface area contributed by atoms with Gasteiger partial charge in [0.15, 0.2) is 0 Å². The summed E-state index contributed by atoms with van der Waals surface area (Å²) in [5.41, 5.74) is 2.09. The van der Waals surface area contributed by atoms with Gasteiger partial charge in [-0.3, -0.25) is 4.79 Å². The number of H-pyrrole nitrogens is 1. The number of carbonyl (C=O) groups is 1. The minimum atomic E-state index is 0.283. The Morgan fingerprint density at radius 3 is 3.00 bits per heavy atom. The first kappa shape index (κ1) is 14.1. The molecular weight excluding hydrogens is 262 g/mol. The molecule has 1 aromatic heterocycles. The molecule has 1 atom stereocenters. The Morgan fingerprint density at radius 2 is 2.24 bits per heavy atom. The Kier molecular flexibility index (Phi) is 3.95. The number of amides is 1. The van der Waals surface area contributed by atoms with Gasteiger partial charge in [0.25, 0.3) is 0 Å². The summed E-state index contributed by atoms with van der Waals surface area (Å²) in [6, 6.07) is 8.10. The van der Waals surface area contributed by atoms with Crippen LogP contribution in [0.5, 0.6) is 0 Å². The minimum Gasteiger partial charge on any atom is -0.342 e. The van der Waals surface area contributed by atoms with E-state index in [9.17, 15) is 4.79 Å². The van der Waals surface area contributed by atoms with Crippen molar-refractivity contribution < 1.29 is 4.79 Å². The molecule has 0 aliphatic carbocycles. The summed E-state index contributed by atoms with van der Waals surface area (Å²) in [6.45, 7) is 5.88. The van der Waals surface area contributed by atoms with Gasteiger partial charge in [-0.05, 0) is 30.9 Å². The van der Waals surface area contributed by atoms with Crippen molar-refractivity contribution in [2.45, 2.75) is 39.0 Å². The van der Waals surface area contributed by atoms with E-state index >= 15 is 0 Å². The number of nitrogens with one attached hydrogen (secondary N) is 1. The molecule has 1 aliphatic heterocycles. The fourth-order valence-electron chi connectivity index (χ4n) is 3.07. The van der Waals surface area contributed by atoms with Gasteiger partial charge in [0.2, 0.25) is 5.91 Å². The highest BCUT2D eigenvalue weighted by Crippen LogP contribution is 2.27. The third-order valence-electron chi connectivity index (χ3n) is 4.15. The van der Waals surface area contributed by atoms with Gasteiger partial charge in [-0.1, -0.05) is 26.0 Å². The van der Waals surface area contributed by atoms with Gasteiger partial charge in [-0.15, -0.1) is 0 Å². The number of nitrogens with zero attached hydrogens (tertiary/aromatic N) is 2. The summed E-state index contributed by atoms with van der Waals surface area (Å²) < 4.78 is 0. The van der Waals surface area contributed by atoms with Gasteiger partial charge in [-0.25, -0.2) is 4.98 Å². The highest BCUT2D eigenvalue weighted by atomic mass is 16.2. The number of rotatable bonds is 3. The maximum Gasteiger partial charge on any atom is 0.222 e. The number of hydrogen-bond acceptors (Lipinski definition) is 2. The summed E-state index contributed by atoms with van der Waals surface area (Å²) in [7, 11) is 0. The minimum absolute atomic E-state index is 0.283. The molecule has 1 fully saturated rings. The van der Waals surface area contributed by atoms with Crippen LogP contribution < -0.4 is 0 Å². The lowest BCUT2D eigenvalue weighted by atomic mass is 9.96. The molecule has 4 nitrogen and oxygen atoms in total. The van der Waals surface area contributed by atoms with Crippen molar-refractivity contribution in [3.63, 3.8) is 0 Å². The van der Waals surface area contributed by atoms with E-state index < -0.39 is 0 Å². The predicted molar refractivity (Wildman–Crippen MR) is 84.1 cm³/mol. The van der Waals surface area contributed by atoms with Crippen LogP contribution in [0, 0.1) is 5.92 Å². The second kappa shape index (κ2) is 5.88. The number of aromatic amines is 1. The molecule has 1 saturated heterocycles. The van der Waals surface area contributed by atoms with Crippen LogP contribution >= 0.6 is 0 Å². The first-order chi connectivity index (χ1) is 10.1. The molecule has 1 N–H and O–H groups in total. The molecule has 0 bridgehead atoms. The van der Waals surface area contributed by atoms with Crippen molar-refractivity contribution in [2.24, 2.45) is 5.92 Å². The van der Waals surface area contributed by atoms with E-state index in [1.165, 1.54) is 0 Å². The monoisotopic (exact) mass is 285 g/mol. The fraction of sp³-hybridized carbons (Fsp3) is 0.529. The summed E-state index contributed by atoms with van der Waals surface area (Å²) in [4.78, 5) is 22.4. The summed E-state index contributed by atoms with van der Waals surface area (Å²) in [6.07, 6.45) is 2.81. The maximum atomic E-state index is 12.3. The lowest BCUT2D eigenvalue weighted by Gasteiger charge is -2.32. The first-order valence-electron chi connectivity index (χ1n) is 7.86. The highest BCUT2D eigenvalue weighted by molar-refractivity contribution is 5.77. The average Bonchev–Trinajstić information content (AvgIpc) is 2.90. The molecule has 1 aromatic carbocycles. The molecule has 1 unspecified atom stereocenters. The molecule has 4 heteroatoms. The van der Waals surface area contributed by atoms with E-state index in [0.717, 1.165) is 42.8 Å². The Balaban J connectivity index is 1.74. The standard InChI is InChI=1S/C17H23N3O/c1-12(2)10-16(21)20-9-5-6-13(11-20)17-18-14-7-3-4-8-15(14)19-17/h3-4,7-8,12-13H,5-6,9-11H2,1-2H3,(H,18,19). The Hall–Kier alpha value is -1.84. The number of benzene rings is 1. The zero-order valence-corrected chi connectivity index (χ0v) is 12.8. The van der Waals surface area contributed by atoms with Crippen molar-refractivity contribution in [1.82, 2.24) is 14.9 Å². The number of hydrogen-bond donors (Lipinski definition) is 1. The van der Waals surface area contributed by atoms with Crippen LogP contribution in [-0.2, 0) is 4.79 Å². The molecule has 2 aromatic rings. The van der Waals surface area contributed by atoms with Crippen molar-refractivity contribution in [2.75, 3.05) is 13.1 Å². The lowest BCUT2D eigenvalue weighted by molar-refractivity contribution is -0.133. The third kappa shape index (κ3) is 3.09. The van der Waals surface area contributed by atoms with E-state index in [2.05, 4.69) is 24.9 Å². The molecule has 112 valence electrons. The normalized spacial score (nSPS) is 19.4. The van der Waals surface area contributed by atoms with Crippen molar-refractivity contribution >= 4 is 16.9 Å². The highest BCUT2D eigenvalue weighted by Gasteiger charge is 2.26. The molecule has 0 radical (unpaired) electrons. The smallest absolute Gasteiger partial charge is 0.222 e. The molecule has 21 heavy (non-hydrogen) atoms. The van der Waals surface area contributed by atoms with E-state index in [-0.39, 0.29) is 5.91 Å². The van der Waals surface area contributed by atoms with Crippen molar-refractivity contribution in [1.29, 1.82) is 0 Å². The molecular formula is C17H23N3O. The summed E-state index contributed by atoms with van der Waals surface area (Å²) >= 11 is 0. The average molecular weight is 285 g/mol. The third-order valence-corrected chi connectivity index (χ3v) is 4.15. The van der Waals surface area contributed by atoms with Crippen LogP contribution in [-0.4, -0.2) is 33.9 Å². The van der Waals surface area contributed by atoms with Gasteiger partial charge in [-0.2, -0.15) is 0 Å². The summed E-state index contributed by atoms with van der Waals surface area (Å²) in [5, 5.41) is 0. The van der Waals surface area contributed by atoms with Crippen LogP contribution in [0.3, 0.4) is 0 Å². The number of piperidine rings is 1. The zero-order valence-electron chi connectivity index (χ0n) is 12.8. The number of para-hydroxylation sites is 2. The second-order valence-corrected chi connectivity index (χ2v) is 6.42. The van der Waals surface area contributed by atoms with E-state index in [1.807, 2.05) is 23.1 Å². The zero-order chi connectivity index (χ0) is 14.8. The van der Waals surface area contributed by atoms with Crippen LogP contribution in [0.1, 0.15) is 44.9 Å². The lowest BCUT2D eigenvalue weighted by Crippen LogP contribution is -2.39. The number of aromatic nitrogens is 2. The van der Waals surface area contributed by atoms with Crippen LogP contribution in [0.15, 0.2) is 24.3 Å². The van der Waals surface area contributed by atoms with Gasteiger partial charge < -0.3 is 9.88 Å². The largest absolute Gasteiger partial charge is 0.342 e. The van der Waals surface area contributed by atoms with Gasteiger partial charge in [0.1, 0.15) is 5.82 Å². The number of imidazole rings is 1. The van der Waals surface area contributed by atoms with E-state index in [1.54, 1.807) is 0 Å². The van der Waals surface area contributed by atoms with Gasteiger partial charge in [0.05, 0.1) is 11.0 Å². The van der Waals surface area contributed by atoms with Crippen molar-refractivity contribution in [3.8, 4) is 0 Å². The fourth-order valence-corrected chi connectivity index (χ4v) is 3.07. The van der Waals surface area contributed by atoms with Crippen LogP contribution in [0.2, 0.25) is 0 Å². The number of likely N-dealkylation sites (tertiary alicyclic amines) is 1. The molecule has 3 rings (SSSR count). The molecule has 0 spiro atoms. The SMILES string of the molecule is CC(C)CC(=O)N1CCCC(c2nc3ccccc3[nH]2)C1. The molecule has 0 saturated carbocycles. The second-order valence-electron chi connectivity index (χ2n) is 6.42. The van der Waals surface area contributed by atoms with Crippen LogP contribution in [0.25, 0.3) is 11.0 Å².